The molecule has 9 heteroatoms. The van der Waals surface area contributed by atoms with E-state index in [4.69, 9.17) is 5.73 Å². The molecule has 1 fully saturated rings. The minimum Gasteiger partial charge on any atom is -0.477 e. The van der Waals surface area contributed by atoms with Gasteiger partial charge in [-0.1, -0.05) is 0 Å². The molecule has 0 aromatic rings. The summed E-state index contributed by atoms with van der Waals surface area (Å²) in [6.07, 6.45) is -0.446. The first-order chi connectivity index (χ1) is 10.3. The summed E-state index contributed by atoms with van der Waals surface area (Å²) >= 11 is 1.19. The fraction of sp³-hybridized carbons (Fsp3) is 0.615. The molecule has 2 heterocycles. The quantitative estimate of drug-likeness (QED) is 0.365. The Balaban J connectivity index is 2.15. The predicted octanol–water partition coefficient (Wildman–Crippen LogP) is -0.952. The number of amides is 2. The molecule has 8 nitrogen and oxygen atoms in total. The Morgan fingerprint density at radius 2 is 2.14 bits per heavy atom. The summed E-state index contributed by atoms with van der Waals surface area (Å²) in [4.78, 5) is 36.5. The zero-order valence-electron chi connectivity index (χ0n) is 12.3. The average Bonchev–Trinajstić information content (AvgIpc) is 2.72. The molecule has 4 atom stereocenters. The Hall–Kier alpha value is -1.58. The molecule has 122 valence electrons. The van der Waals surface area contributed by atoms with Crippen LogP contribution in [0.3, 0.4) is 0 Å². The van der Waals surface area contributed by atoms with E-state index in [1.165, 1.54) is 23.6 Å². The highest BCUT2D eigenvalue weighted by atomic mass is 32.2. The molecule has 0 bridgehead atoms. The smallest absolute Gasteiger partial charge is 0.353 e. The van der Waals surface area contributed by atoms with Crippen molar-refractivity contribution >= 4 is 29.5 Å². The van der Waals surface area contributed by atoms with Gasteiger partial charge in [0.05, 0.1) is 30.0 Å². The van der Waals surface area contributed by atoms with Crippen LogP contribution in [-0.2, 0) is 14.4 Å². The fourth-order valence-corrected chi connectivity index (χ4v) is 4.05. The van der Waals surface area contributed by atoms with Gasteiger partial charge in [-0.15, -0.1) is 11.8 Å². The number of nitrogens with two attached hydrogens (primary N) is 1. The largest absolute Gasteiger partial charge is 0.477 e. The van der Waals surface area contributed by atoms with Crippen molar-refractivity contribution in [3.63, 3.8) is 0 Å². The second-order valence-corrected chi connectivity index (χ2v) is 6.79. The molecular weight excluding hydrogens is 310 g/mol. The molecule has 2 aliphatic heterocycles. The number of carbonyl (C=O) groups is 3. The Labute approximate surface area is 131 Å². The van der Waals surface area contributed by atoms with Crippen LogP contribution in [0.4, 0.5) is 0 Å². The van der Waals surface area contributed by atoms with Crippen LogP contribution in [0, 0.1) is 5.92 Å². The molecule has 0 aliphatic carbocycles. The standard InChI is InChI=1S/C13H19N3O5S/c1-5(17)10-7-3-8(22-6(2)15-9(18)4-14)11(13(20)21)16(7)12(10)19/h5-7,10,17H,3-4,14H2,1-2H3,(H,15,18)(H,20,21)/t5-,6?,7+,10-/m0/s1. The summed E-state index contributed by atoms with van der Waals surface area (Å²) in [5, 5.41) is 21.3. The lowest BCUT2D eigenvalue weighted by Gasteiger charge is -2.44. The van der Waals surface area contributed by atoms with Crippen molar-refractivity contribution in [3.05, 3.63) is 10.6 Å². The van der Waals surface area contributed by atoms with Crippen LogP contribution in [0.1, 0.15) is 20.3 Å². The molecule has 2 rings (SSSR count). The van der Waals surface area contributed by atoms with Crippen LogP contribution in [-0.4, -0.2) is 57.0 Å². The first kappa shape index (κ1) is 16.8. The van der Waals surface area contributed by atoms with Crippen molar-refractivity contribution in [2.45, 2.75) is 37.8 Å². The highest BCUT2D eigenvalue weighted by molar-refractivity contribution is 8.03. The number of β-lactam (4-membered cyclic amide) rings is 1. The Morgan fingerprint density at radius 3 is 2.64 bits per heavy atom. The first-order valence-corrected chi connectivity index (χ1v) is 7.79. The minimum absolute atomic E-state index is 0.0502. The van der Waals surface area contributed by atoms with Gasteiger partial charge in [-0.25, -0.2) is 4.79 Å². The van der Waals surface area contributed by atoms with Gasteiger partial charge in [-0.05, 0) is 13.8 Å². The van der Waals surface area contributed by atoms with Crippen molar-refractivity contribution in [3.8, 4) is 0 Å². The SMILES string of the molecule is CC(NC(=O)CN)SC1=C(C(=O)O)N2C(=O)[C@@H]([C@H](C)O)[C@H]2C1. The second-order valence-electron chi connectivity index (χ2n) is 5.35. The van der Waals surface area contributed by atoms with Crippen molar-refractivity contribution in [2.24, 2.45) is 11.7 Å². The average molecular weight is 329 g/mol. The van der Waals surface area contributed by atoms with Gasteiger partial charge in [0.15, 0.2) is 0 Å². The maximum absolute atomic E-state index is 12.0. The molecule has 0 radical (unpaired) electrons. The summed E-state index contributed by atoms with van der Waals surface area (Å²) < 4.78 is 0. The molecule has 2 aliphatic rings. The van der Waals surface area contributed by atoms with E-state index in [2.05, 4.69) is 5.32 Å². The van der Waals surface area contributed by atoms with E-state index in [1.54, 1.807) is 6.92 Å². The van der Waals surface area contributed by atoms with Crippen LogP contribution in [0.5, 0.6) is 0 Å². The van der Waals surface area contributed by atoms with E-state index >= 15 is 0 Å². The fourth-order valence-electron chi connectivity index (χ4n) is 2.86. The highest BCUT2D eigenvalue weighted by Crippen LogP contribution is 2.47. The van der Waals surface area contributed by atoms with Crippen molar-refractivity contribution in [1.29, 1.82) is 0 Å². The van der Waals surface area contributed by atoms with E-state index in [0.29, 0.717) is 11.3 Å². The number of carbonyl (C=O) groups excluding carboxylic acids is 2. The summed E-state index contributed by atoms with van der Waals surface area (Å²) in [6, 6.07) is -0.321. The molecule has 0 aromatic carbocycles. The lowest BCUT2D eigenvalue weighted by Crippen LogP contribution is -2.61. The Bertz CT molecular complexity index is 548. The molecule has 2 amide bonds. The third kappa shape index (κ3) is 2.83. The number of nitrogens with one attached hydrogen (secondary N) is 1. The zero-order valence-corrected chi connectivity index (χ0v) is 13.1. The molecule has 1 saturated heterocycles. The van der Waals surface area contributed by atoms with E-state index in [-0.39, 0.29) is 35.5 Å². The summed E-state index contributed by atoms with van der Waals surface area (Å²) in [7, 11) is 0. The zero-order chi connectivity index (χ0) is 16.6. The van der Waals surface area contributed by atoms with Crippen molar-refractivity contribution in [2.75, 3.05) is 6.54 Å². The van der Waals surface area contributed by atoms with Crippen LogP contribution in [0.15, 0.2) is 10.6 Å². The number of thioether (sulfide) groups is 1. The summed E-state index contributed by atoms with van der Waals surface area (Å²) in [5.74, 6) is -2.45. The predicted molar refractivity (Wildman–Crippen MR) is 79.3 cm³/mol. The minimum atomic E-state index is -1.18. The maximum Gasteiger partial charge on any atom is 0.353 e. The lowest BCUT2D eigenvalue weighted by molar-refractivity contribution is -0.161. The first-order valence-electron chi connectivity index (χ1n) is 6.91. The highest BCUT2D eigenvalue weighted by Gasteiger charge is 2.56. The van der Waals surface area contributed by atoms with Gasteiger partial charge in [0.2, 0.25) is 11.8 Å². The number of fused-ring (bicyclic) bond motifs is 1. The third-order valence-corrected chi connectivity index (χ3v) is 4.88. The molecule has 1 unspecified atom stereocenters. The number of aliphatic hydroxyl groups is 1. The summed E-state index contributed by atoms with van der Waals surface area (Å²) in [6.45, 7) is 3.09. The molecule has 0 aromatic heterocycles. The number of hydrogen-bond acceptors (Lipinski definition) is 6. The van der Waals surface area contributed by atoms with E-state index in [9.17, 15) is 24.6 Å². The van der Waals surface area contributed by atoms with Crippen LogP contribution < -0.4 is 11.1 Å². The van der Waals surface area contributed by atoms with Gasteiger partial charge in [0.25, 0.3) is 0 Å². The molecule has 5 N–H and O–H groups in total. The number of aliphatic hydroxyl groups excluding tert-OH is 1. The van der Waals surface area contributed by atoms with E-state index in [0.717, 1.165) is 0 Å². The van der Waals surface area contributed by atoms with E-state index in [1.807, 2.05) is 0 Å². The molecular formula is C13H19N3O5S. The number of aliphatic carboxylic acids is 1. The Kier molecular flexibility index (Phi) is 4.78. The van der Waals surface area contributed by atoms with Gasteiger partial charge in [-0.3, -0.25) is 9.59 Å². The number of carboxylic acid groups (broad SMARTS) is 1. The Morgan fingerprint density at radius 1 is 1.50 bits per heavy atom. The number of nitrogens with zero attached hydrogens (tertiary/aromatic N) is 1. The number of carboxylic acids is 1. The molecule has 0 saturated carbocycles. The van der Waals surface area contributed by atoms with E-state index < -0.39 is 18.0 Å². The third-order valence-electron chi connectivity index (χ3n) is 3.76. The maximum atomic E-state index is 12.0. The summed E-state index contributed by atoms with van der Waals surface area (Å²) in [5.41, 5.74) is 5.17. The number of rotatable bonds is 6. The molecule has 0 spiro atoms. The van der Waals surface area contributed by atoms with Gasteiger partial charge in [0.1, 0.15) is 5.70 Å². The number of hydrogen-bond donors (Lipinski definition) is 4. The van der Waals surface area contributed by atoms with Gasteiger partial charge < -0.3 is 26.2 Å². The monoisotopic (exact) mass is 329 g/mol. The van der Waals surface area contributed by atoms with Crippen molar-refractivity contribution in [1.82, 2.24) is 10.2 Å². The van der Waals surface area contributed by atoms with Crippen molar-refractivity contribution < 1.29 is 24.6 Å². The van der Waals surface area contributed by atoms with Crippen LogP contribution in [0.2, 0.25) is 0 Å². The van der Waals surface area contributed by atoms with Gasteiger partial charge >= 0.3 is 5.97 Å². The lowest BCUT2D eigenvalue weighted by atomic mass is 9.83. The van der Waals surface area contributed by atoms with Crippen LogP contribution >= 0.6 is 11.8 Å². The van der Waals surface area contributed by atoms with Gasteiger partial charge in [0, 0.05) is 11.3 Å². The molecule has 22 heavy (non-hydrogen) atoms. The second kappa shape index (κ2) is 6.27. The van der Waals surface area contributed by atoms with Crippen LogP contribution in [0.25, 0.3) is 0 Å². The topological polar surface area (TPSA) is 133 Å². The van der Waals surface area contributed by atoms with Gasteiger partial charge in [-0.2, -0.15) is 0 Å². The normalized spacial score (nSPS) is 26.4.